The van der Waals surface area contributed by atoms with Crippen LogP contribution in [-0.4, -0.2) is 38.0 Å². The molecule has 0 aromatic carbocycles. The minimum atomic E-state index is -0.438. The van der Waals surface area contributed by atoms with E-state index in [4.69, 9.17) is 4.74 Å². The highest BCUT2D eigenvalue weighted by Crippen LogP contribution is 2.17. The number of amides is 1. The maximum atomic E-state index is 11.6. The van der Waals surface area contributed by atoms with Gasteiger partial charge in [-0.3, -0.25) is 0 Å². The minimum Gasteiger partial charge on any atom is -0.452 e. The quantitative estimate of drug-likeness (QED) is 0.640. The summed E-state index contributed by atoms with van der Waals surface area (Å²) in [5.74, 6) is 0.403. The van der Waals surface area contributed by atoms with Crippen molar-refractivity contribution in [2.45, 2.75) is 26.3 Å². The molecule has 0 spiro atoms. The van der Waals surface area contributed by atoms with Gasteiger partial charge in [0.05, 0.1) is 15.5 Å². The third-order valence-electron chi connectivity index (χ3n) is 1.67. The Morgan fingerprint density at radius 3 is 2.60 bits per heavy atom. The van der Waals surface area contributed by atoms with E-state index < -0.39 is 11.6 Å². The lowest BCUT2D eigenvalue weighted by molar-refractivity contribution is 0.119. The molecule has 0 fully saturated rings. The topological polar surface area (TPSA) is 54.3 Å². The smallest absolute Gasteiger partial charge is 0.416 e. The second kappa shape index (κ2) is 4.82. The summed E-state index contributed by atoms with van der Waals surface area (Å²) in [5.41, 5.74) is -0.396. The fourth-order valence-corrected chi connectivity index (χ4v) is 2.03. The molecular weight excluding hydrogens is 309 g/mol. The predicted molar refractivity (Wildman–Crippen MR) is 70.0 cm³/mol. The van der Waals surface area contributed by atoms with Crippen LogP contribution in [0.1, 0.15) is 20.8 Å². The number of methoxy groups -OCH3 is 1. The van der Waals surface area contributed by atoms with Crippen molar-refractivity contribution in [1.29, 1.82) is 0 Å². The number of hydrogen-bond donors (Lipinski definition) is 0. The molecule has 6 heteroatoms. The Balaban J connectivity index is 3.02. The van der Waals surface area contributed by atoms with Gasteiger partial charge < -0.3 is 4.74 Å². The van der Waals surface area contributed by atoms with Crippen LogP contribution in [0.2, 0.25) is 0 Å². The summed E-state index contributed by atoms with van der Waals surface area (Å²) in [4.78, 5) is 21.3. The van der Waals surface area contributed by atoms with Gasteiger partial charge in [0.15, 0.2) is 0 Å². The molecule has 0 aromatic heterocycles. The summed E-state index contributed by atoms with van der Waals surface area (Å²) in [7, 11) is 1.35. The molecule has 0 radical (unpaired) electrons. The summed E-state index contributed by atoms with van der Waals surface area (Å²) in [6.45, 7) is 5.73. The van der Waals surface area contributed by atoms with Gasteiger partial charge in [-0.2, -0.15) is 0 Å². The summed E-state index contributed by atoms with van der Waals surface area (Å²) in [6, 6.07) is 0. The van der Waals surface area contributed by atoms with Gasteiger partial charge in [0.25, 0.3) is 0 Å². The van der Waals surface area contributed by atoms with Crippen molar-refractivity contribution in [1.82, 2.24) is 4.90 Å². The van der Waals surface area contributed by atoms with Gasteiger partial charge in [-0.05, 0) is 20.8 Å². The van der Waals surface area contributed by atoms with Gasteiger partial charge in [0.1, 0.15) is 0 Å². The van der Waals surface area contributed by atoms with Gasteiger partial charge in [-0.1, -0.05) is 20.7 Å². The van der Waals surface area contributed by atoms with E-state index >= 15 is 0 Å². The predicted octanol–water partition coefficient (Wildman–Crippen LogP) is 1.98. The van der Waals surface area contributed by atoms with Crippen LogP contribution >= 0.6 is 20.7 Å². The second-order valence-electron chi connectivity index (χ2n) is 3.86. The number of aliphatic imine (C=N–C) groups is 2. The molecule has 0 saturated heterocycles. The highest BCUT2D eigenvalue weighted by Gasteiger charge is 2.31. The number of nitrogens with zero attached hydrogens (tertiary/aromatic N) is 3. The Kier molecular flexibility index (Phi) is 3.95. The fraction of sp³-hybridized carbons (Fsp3) is 0.556. The Bertz CT molecular complexity index is 342. The first-order valence-corrected chi connectivity index (χ1v) is 6.88. The summed E-state index contributed by atoms with van der Waals surface area (Å²) < 4.78 is 8.36. The van der Waals surface area contributed by atoms with Crippen LogP contribution in [0.4, 0.5) is 4.79 Å². The molecule has 0 unspecified atom stereocenters. The van der Waals surface area contributed by atoms with Crippen LogP contribution in [0.3, 0.4) is 0 Å². The van der Waals surface area contributed by atoms with E-state index in [0.29, 0.717) is 5.96 Å². The lowest BCUT2D eigenvalue weighted by atomic mass is 10.1. The molecule has 0 saturated carbocycles. The lowest BCUT2D eigenvalue weighted by Gasteiger charge is -2.32. The number of rotatable bonds is 0. The Hall–Kier alpha value is -0.790. The molecule has 0 aromatic rings. The van der Waals surface area contributed by atoms with Crippen LogP contribution < -0.4 is 0 Å². The van der Waals surface area contributed by atoms with E-state index in [2.05, 4.69) is 9.98 Å². The van der Waals surface area contributed by atoms with Crippen LogP contribution in [0, 0.1) is 0 Å². The largest absolute Gasteiger partial charge is 0.452 e. The number of hydrogen-bond acceptors (Lipinski definition) is 4. The number of ether oxygens (including phenoxy) is 1. The maximum Gasteiger partial charge on any atom is 0.416 e. The Morgan fingerprint density at radius 2 is 2.20 bits per heavy atom. The third-order valence-corrected chi connectivity index (χ3v) is 2.87. The van der Waals surface area contributed by atoms with Crippen molar-refractivity contribution >= 4 is 41.1 Å². The monoisotopic (exact) mass is 323 g/mol. The molecule has 0 bridgehead atoms. The normalized spacial score (nSPS) is 15.3. The van der Waals surface area contributed by atoms with Gasteiger partial charge in [-0.15, -0.1) is 0 Å². The van der Waals surface area contributed by atoms with E-state index in [9.17, 15) is 4.79 Å². The molecule has 0 N–H and O–H groups in total. The molecule has 84 valence electrons. The van der Waals surface area contributed by atoms with Crippen LogP contribution in [-0.2, 0) is 4.74 Å². The first kappa shape index (κ1) is 12.3. The van der Waals surface area contributed by atoms with E-state index in [1.807, 2.05) is 29.1 Å². The van der Waals surface area contributed by atoms with Gasteiger partial charge in [0, 0.05) is 5.54 Å². The number of halogens is 1. The van der Waals surface area contributed by atoms with Crippen molar-refractivity contribution in [3.05, 3.63) is 0 Å². The number of carbonyl (C=O) groups excluding carboxylic acids is 1. The van der Waals surface area contributed by atoms with Crippen LogP contribution in [0.5, 0.6) is 0 Å². The van der Waals surface area contributed by atoms with E-state index in [1.165, 1.54) is 12.0 Å². The van der Waals surface area contributed by atoms with Crippen molar-refractivity contribution in [3.8, 4) is 0 Å². The fourth-order valence-electron chi connectivity index (χ4n) is 1.06. The van der Waals surface area contributed by atoms with Crippen molar-refractivity contribution < 1.29 is 9.53 Å². The van der Waals surface area contributed by atoms with Crippen LogP contribution in [0.15, 0.2) is 9.98 Å². The number of carbonyl (C=O) groups is 1. The highest BCUT2D eigenvalue weighted by atomic mass is 127. The Labute approximate surface area is 99.0 Å². The highest BCUT2D eigenvalue weighted by molar-refractivity contribution is 14.2. The average Bonchev–Trinajstić information content (AvgIpc) is 2.17. The SMILES string of the molecule is COC(=O)N(C1=NC=IC=N1)C(C)(C)C. The molecule has 5 nitrogen and oxygen atoms in total. The molecular formula is C9H14IN3O2. The summed E-state index contributed by atoms with van der Waals surface area (Å²) >= 11 is -0.182. The third kappa shape index (κ3) is 3.08. The Morgan fingerprint density at radius 1 is 1.53 bits per heavy atom. The summed E-state index contributed by atoms with van der Waals surface area (Å²) in [5, 5.41) is 0. The average molecular weight is 323 g/mol. The standard InChI is InChI=1S/C9H14IN3O2/c1-9(2,3)13(8(14)15-4)7-11-5-10-6-12-7/h5-6H,1-4H3. The zero-order valence-electron chi connectivity index (χ0n) is 9.19. The first-order chi connectivity index (χ1) is 6.96. The van der Waals surface area contributed by atoms with E-state index in [-0.39, 0.29) is 20.7 Å². The van der Waals surface area contributed by atoms with Crippen LogP contribution in [0.25, 0.3) is 0 Å². The van der Waals surface area contributed by atoms with Gasteiger partial charge in [0.2, 0.25) is 5.96 Å². The second-order valence-corrected chi connectivity index (χ2v) is 5.69. The molecule has 1 heterocycles. The maximum absolute atomic E-state index is 11.6. The number of guanidine groups is 1. The van der Waals surface area contributed by atoms with Crippen molar-refractivity contribution in [2.24, 2.45) is 9.98 Å². The summed E-state index contributed by atoms with van der Waals surface area (Å²) in [6.07, 6.45) is -0.438. The molecule has 1 aliphatic rings. The van der Waals surface area contributed by atoms with E-state index in [0.717, 1.165) is 0 Å². The molecule has 1 rings (SSSR count). The molecule has 1 amide bonds. The lowest BCUT2D eigenvalue weighted by Crippen LogP contribution is -2.49. The minimum absolute atomic E-state index is 0.182. The van der Waals surface area contributed by atoms with Crippen molar-refractivity contribution in [2.75, 3.05) is 7.11 Å². The molecule has 1 aliphatic heterocycles. The zero-order chi connectivity index (χ0) is 11.5. The molecule has 0 aliphatic carbocycles. The first-order valence-electron chi connectivity index (χ1n) is 4.39. The molecule has 0 atom stereocenters. The molecule has 15 heavy (non-hydrogen) atoms. The van der Waals surface area contributed by atoms with Crippen molar-refractivity contribution in [3.63, 3.8) is 0 Å². The van der Waals surface area contributed by atoms with Gasteiger partial charge >= 0.3 is 6.09 Å². The van der Waals surface area contributed by atoms with Gasteiger partial charge in [-0.25, -0.2) is 19.7 Å². The zero-order valence-corrected chi connectivity index (χ0v) is 11.3. The van der Waals surface area contributed by atoms with E-state index in [1.54, 1.807) is 0 Å².